The molecule has 0 aliphatic heterocycles. The van der Waals surface area contributed by atoms with Crippen LogP contribution in [0.15, 0.2) is 69.3 Å². The summed E-state index contributed by atoms with van der Waals surface area (Å²) in [5.41, 5.74) is 0.758. The molecule has 0 saturated carbocycles. The summed E-state index contributed by atoms with van der Waals surface area (Å²) < 4.78 is 41.1. The van der Waals surface area contributed by atoms with Crippen LogP contribution in [-0.4, -0.2) is 26.3 Å². The molecule has 0 saturated heterocycles. The van der Waals surface area contributed by atoms with Crippen molar-refractivity contribution in [2.24, 2.45) is 0 Å². The average Bonchev–Trinajstić information content (AvgIpc) is 3.06. The van der Waals surface area contributed by atoms with Gasteiger partial charge in [0.2, 0.25) is 0 Å². The zero-order valence-electron chi connectivity index (χ0n) is 14.7. The Balaban J connectivity index is 1.68. The maximum atomic E-state index is 13.0. The SMILES string of the molecule is CN(Cc1ccc(Br)s1)C(=O)c1ccc(NS(=O)(=O)c2ccc(F)cc2)cc1. The number of halogens is 2. The Bertz CT molecular complexity index is 1080. The topological polar surface area (TPSA) is 66.5 Å². The van der Waals surface area contributed by atoms with Gasteiger partial charge in [-0.3, -0.25) is 9.52 Å². The molecule has 1 aromatic heterocycles. The summed E-state index contributed by atoms with van der Waals surface area (Å²) >= 11 is 4.96. The van der Waals surface area contributed by atoms with Crippen LogP contribution in [-0.2, 0) is 16.6 Å². The number of hydrogen-bond donors (Lipinski definition) is 1. The Hall–Kier alpha value is -2.23. The van der Waals surface area contributed by atoms with E-state index in [0.717, 1.165) is 20.8 Å². The number of nitrogens with one attached hydrogen (secondary N) is 1. The monoisotopic (exact) mass is 482 g/mol. The summed E-state index contributed by atoms with van der Waals surface area (Å²) in [5, 5.41) is 0. The van der Waals surface area contributed by atoms with Crippen molar-refractivity contribution in [3.63, 3.8) is 0 Å². The highest BCUT2D eigenvalue weighted by Crippen LogP contribution is 2.24. The van der Waals surface area contributed by atoms with Gasteiger partial charge >= 0.3 is 0 Å². The smallest absolute Gasteiger partial charge is 0.261 e. The molecule has 28 heavy (non-hydrogen) atoms. The lowest BCUT2D eigenvalue weighted by Crippen LogP contribution is -2.25. The molecule has 0 unspecified atom stereocenters. The molecule has 3 rings (SSSR count). The zero-order valence-corrected chi connectivity index (χ0v) is 17.9. The van der Waals surface area contributed by atoms with Gasteiger partial charge in [0, 0.05) is 23.2 Å². The van der Waals surface area contributed by atoms with E-state index in [-0.39, 0.29) is 10.8 Å². The van der Waals surface area contributed by atoms with Gasteiger partial charge in [-0.05, 0) is 76.6 Å². The lowest BCUT2D eigenvalue weighted by molar-refractivity contribution is 0.0786. The van der Waals surface area contributed by atoms with Gasteiger partial charge in [0.1, 0.15) is 5.82 Å². The second kappa shape index (κ2) is 8.42. The Labute approximate surface area is 175 Å². The number of amides is 1. The lowest BCUT2D eigenvalue weighted by atomic mass is 10.2. The van der Waals surface area contributed by atoms with Crippen molar-refractivity contribution in [1.29, 1.82) is 0 Å². The third kappa shape index (κ3) is 4.98. The van der Waals surface area contributed by atoms with Gasteiger partial charge in [-0.25, -0.2) is 12.8 Å². The van der Waals surface area contributed by atoms with Crippen molar-refractivity contribution >= 4 is 48.9 Å². The van der Waals surface area contributed by atoms with Crippen LogP contribution in [0.4, 0.5) is 10.1 Å². The normalized spacial score (nSPS) is 11.2. The lowest BCUT2D eigenvalue weighted by Gasteiger charge is -2.16. The van der Waals surface area contributed by atoms with Gasteiger partial charge < -0.3 is 4.90 Å². The number of anilines is 1. The first-order valence-electron chi connectivity index (χ1n) is 8.13. The molecule has 9 heteroatoms. The van der Waals surface area contributed by atoms with Crippen LogP contribution in [0.5, 0.6) is 0 Å². The third-order valence-electron chi connectivity index (χ3n) is 3.88. The molecule has 0 radical (unpaired) electrons. The predicted octanol–water partition coefficient (Wildman–Crippen LogP) is 4.72. The molecule has 0 fully saturated rings. The first kappa shape index (κ1) is 20.5. The minimum absolute atomic E-state index is 0.0455. The van der Waals surface area contributed by atoms with Crippen molar-refractivity contribution in [3.05, 3.63) is 80.7 Å². The quantitative estimate of drug-likeness (QED) is 0.552. The summed E-state index contributed by atoms with van der Waals surface area (Å²) in [6.45, 7) is 0.480. The van der Waals surface area contributed by atoms with Gasteiger partial charge in [0.05, 0.1) is 15.2 Å². The van der Waals surface area contributed by atoms with E-state index in [9.17, 15) is 17.6 Å². The third-order valence-corrected chi connectivity index (χ3v) is 6.88. The van der Waals surface area contributed by atoms with Gasteiger partial charge in [-0.15, -0.1) is 11.3 Å². The van der Waals surface area contributed by atoms with Gasteiger partial charge in [0.25, 0.3) is 15.9 Å². The number of benzene rings is 2. The number of carbonyl (C=O) groups excluding carboxylic acids is 1. The number of thiophene rings is 1. The van der Waals surface area contributed by atoms with Crippen molar-refractivity contribution in [1.82, 2.24) is 4.90 Å². The van der Waals surface area contributed by atoms with E-state index in [2.05, 4.69) is 20.7 Å². The summed E-state index contributed by atoms with van der Waals surface area (Å²) in [7, 11) is -2.12. The fourth-order valence-electron chi connectivity index (χ4n) is 2.47. The molecule has 0 spiro atoms. The molecule has 0 bridgehead atoms. The van der Waals surface area contributed by atoms with Crippen molar-refractivity contribution in [2.75, 3.05) is 11.8 Å². The van der Waals surface area contributed by atoms with Gasteiger partial charge in [-0.1, -0.05) is 0 Å². The Morgan fingerprint density at radius 2 is 1.71 bits per heavy atom. The molecule has 0 aliphatic rings. The molecule has 2 aromatic carbocycles. The van der Waals surface area contributed by atoms with E-state index in [0.29, 0.717) is 17.8 Å². The highest BCUT2D eigenvalue weighted by molar-refractivity contribution is 9.11. The number of hydrogen-bond acceptors (Lipinski definition) is 4. The molecule has 5 nitrogen and oxygen atoms in total. The summed E-state index contributed by atoms with van der Waals surface area (Å²) in [5.74, 6) is -0.682. The van der Waals surface area contributed by atoms with Crippen molar-refractivity contribution in [3.8, 4) is 0 Å². The number of carbonyl (C=O) groups is 1. The number of nitrogens with zero attached hydrogens (tertiary/aromatic N) is 1. The van der Waals surface area contributed by atoms with Crippen LogP contribution in [0.3, 0.4) is 0 Å². The van der Waals surface area contributed by atoms with Crippen LogP contribution >= 0.6 is 27.3 Å². The average molecular weight is 483 g/mol. The molecule has 146 valence electrons. The molecular formula is C19H16BrFN2O3S2. The first-order valence-corrected chi connectivity index (χ1v) is 11.2. The molecule has 1 N–H and O–H groups in total. The fraction of sp³-hybridized carbons (Fsp3) is 0.105. The largest absolute Gasteiger partial charge is 0.337 e. The minimum atomic E-state index is -3.83. The van der Waals surface area contributed by atoms with Crippen LogP contribution in [0, 0.1) is 5.82 Å². The highest BCUT2D eigenvalue weighted by Gasteiger charge is 2.16. The van der Waals surface area contributed by atoms with E-state index >= 15 is 0 Å². The maximum absolute atomic E-state index is 13.0. The van der Waals surface area contributed by atoms with E-state index in [1.807, 2.05) is 12.1 Å². The summed E-state index contributed by atoms with van der Waals surface area (Å²) in [6, 6.07) is 14.6. The molecule has 0 aliphatic carbocycles. The fourth-order valence-corrected chi connectivity index (χ4v) is 5.07. The van der Waals surface area contributed by atoms with Crippen molar-refractivity contribution < 1.29 is 17.6 Å². The number of sulfonamides is 1. The predicted molar refractivity (Wildman–Crippen MR) is 111 cm³/mol. The molecule has 1 amide bonds. The molecule has 0 atom stereocenters. The maximum Gasteiger partial charge on any atom is 0.261 e. The van der Waals surface area contributed by atoms with Gasteiger partial charge in [0.15, 0.2) is 0 Å². The van der Waals surface area contributed by atoms with Crippen LogP contribution < -0.4 is 4.72 Å². The minimum Gasteiger partial charge on any atom is -0.337 e. The first-order chi connectivity index (χ1) is 13.2. The Kier molecular flexibility index (Phi) is 6.17. The van der Waals surface area contributed by atoms with Gasteiger partial charge in [-0.2, -0.15) is 0 Å². The summed E-state index contributed by atoms with van der Waals surface area (Å²) in [6.07, 6.45) is 0. The van der Waals surface area contributed by atoms with E-state index in [1.54, 1.807) is 35.4 Å². The van der Waals surface area contributed by atoms with E-state index in [1.165, 1.54) is 24.3 Å². The van der Waals surface area contributed by atoms with Crippen LogP contribution in [0.2, 0.25) is 0 Å². The van der Waals surface area contributed by atoms with Crippen LogP contribution in [0.1, 0.15) is 15.2 Å². The highest BCUT2D eigenvalue weighted by atomic mass is 79.9. The van der Waals surface area contributed by atoms with E-state index < -0.39 is 15.8 Å². The Morgan fingerprint density at radius 1 is 1.07 bits per heavy atom. The zero-order chi connectivity index (χ0) is 20.3. The molecule has 1 heterocycles. The van der Waals surface area contributed by atoms with E-state index in [4.69, 9.17) is 0 Å². The number of rotatable bonds is 6. The summed E-state index contributed by atoms with van der Waals surface area (Å²) in [4.78, 5) is 15.1. The molecular weight excluding hydrogens is 467 g/mol. The second-order valence-electron chi connectivity index (χ2n) is 6.00. The standard InChI is InChI=1S/C19H16BrFN2O3S2/c1-23(12-16-8-11-18(20)27-16)19(24)13-2-6-15(7-3-13)22-28(25,26)17-9-4-14(21)5-10-17/h2-11,22H,12H2,1H3. The Morgan fingerprint density at radius 3 is 2.29 bits per heavy atom. The van der Waals surface area contributed by atoms with Crippen LogP contribution in [0.25, 0.3) is 0 Å². The second-order valence-corrected chi connectivity index (χ2v) is 10.2. The van der Waals surface area contributed by atoms with Crippen molar-refractivity contribution in [2.45, 2.75) is 11.4 Å². The molecule has 3 aromatic rings.